The van der Waals surface area contributed by atoms with Gasteiger partial charge in [0.1, 0.15) is 0 Å². The number of amides is 1. The molecule has 110 valence electrons. The number of hydrogen-bond acceptors (Lipinski definition) is 3. The van der Waals surface area contributed by atoms with Gasteiger partial charge in [-0.05, 0) is 49.8 Å². The minimum Gasteiger partial charge on any atom is -0.385 e. The van der Waals surface area contributed by atoms with E-state index >= 15 is 0 Å². The Morgan fingerprint density at radius 1 is 1.35 bits per heavy atom. The summed E-state index contributed by atoms with van der Waals surface area (Å²) in [7, 11) is 1.72. The predicted molar refractivity (Wildman–Crippen MR) is 81.3 cm³/mol. The molecule has 0 fully saturated rings. The Labute approximate surface area is 120 Å². The van der Waals surface area contributed by atoms with E-state index in [2.05, 4.69) is 16.7 Å². The van der Waals surface area contributed by atoms with Crippen LogP contribution in [0.1, 0.15) is 41.6 Å². The molecule has 0 bridgehead atoms. The SMILES string of the molecule is COCCCCCNC(=O)c1cccc2c1CCCN2. The molecule has 0 saturated heterocycles. The van der Waals surface area contributed by atoms with E-state index in [1.807, 2.05) is 12.1 Å². The van der Waals surface area contributed by atoms with Crippen LogP contribution in [0.4, 0.5) is 5.69 Å². The quantitative estimate of drug-likeness (QED) is 0.753. The zero-order valence-corrected chi connectivity index (χ0v) is 12.2. The van der Waals surface area contributed by atoms with Crippen molar-refractivity contribution >= 4 is 11.6 Å². The number of hydrogen-bond donors (Lipinski definition) is 2. The smallest absolute Gasteiger partial charge is 0.251 e. The average Bonchev–Trinajstić information content (AvgIpc) is 2.50. The lowest BCUT2D eigenvalue weighted by molar-refractivity contribution is 0.0951. The van der Waals surface area contributed by atoms with Crippen LogP contribution in [0, 0.1) is 0 Å². The van der Waals surface area contributed by atoms with Crippen LogP contribution >= 0.6 is 0 Å². The first-order valence-corrected chi connectivity index (χ1v) is 7.46. The number of ether oxygens (including phenoxy) is 1. The minimum absolute atomic E-state index is 0.0530. The summed E-state index contributed by atoms with van der Waals surface area (Å²) in [6, 6.07) is 5.92. The maximum Gasteiger partial charge on any atom is 0.251 e. The van der Waals surface area contributed by atoms with Gasteiger partial charge in [-0.3, -0.25) is 4.79 Å². The zero-order valence-electron chi connectivity index (χ0n) is 12.2. The molecule has 1 aliphatic rings. The third-order valence-electron chi connectivity index (χ3n) is 3.65. The van der Waals surface area contributed by atoms with Crippen molar-refractivity contribution in [2.24, 2.45) is 0 Å². The zero-order chi connectivity index (χ0) is 14.2. The number of anilines is 1. The summed E-state index contributed by atoms with van der Waals surface area (Å²) in [4.78, 5) is 12.2. The van der Waals surface area contributed by atoms with Crippen LogP contribution in [0.5, 0.6) is 0 Å². The van der Waals surface area contributed by atoms with E-state index in [4.69, 9.17) is 4.74 Å². The Kier molecular flexibility index (Phi) is 5.87. The predicted octanol–water partition coefficient (Wildman–Crippen LogP) is 2.59. The molecule has 1 aromatic rings. The highest BCUT2D eigenvalue weighted by molar-refractivity contribution is 5.97. The largest absolute Gasteiger partial charge is 0.385 e. The summed E-state index contributed by atoms with van der Waals surface area (Å²) in [5, 5.41) is 6.37. The second-order valence-electron chi connectivity index (χ2n) is 5.17. The van der Waals surface area contributed by atoms with E-state index in [0.717, 1.165) is 68.6 Å². The van der Waals surface area contributed by atoms with E-state index in [-0.39, 0.29) is 5.91 Å². The lowest BCUT2D eigenvalue weighted by Crippen LogP contribution is -2.27. The van der Waals surface area contributed by atoms with Gasteiger partial charge in [0.05, 0.1) is 0 Å². The molecular weight excluding hydrogens is 252 g/mol. The molecule has 4 nitrogen and oxygen atoms in total. The van der Waals surface area contributed by atoms with E-state index < -0.39 is 0 Å². The standard InChI is InChI=1S/C16H24N2O2/c1-20-12-4-2-3-10-18-16(19)14-7-5-9-15-13(14)8-6-11-17-15/h5,7,9,17H,2-4,6,8,10-12H2,1H3,(H,18,19). The van der Waals surface area contributed by atoms with Gasteiger partial charge in [0, 0.05) is 38.1 Å². The topological polar surface area (TPSA) is 50.4 Å². The maximum absolute atomic E-state index is 12.2. The van der Waals surface area contributed by atoms with Gasteiger partial charge < -0.3 is 15.4 Å². The number of unbranched alkanes of at least 4 members (excludes halogenated alkanes) is 2. The van der Waals surface area contributed by atoms with E-state index in [1.165, 1.54) is 0 Å². The van der Waals surface area contributed by atoms with Crippen LogP contribution in [0.15, 0.2) is 18.2 Å². The van der Waals surface area contributed by atoms with E-state index in [9.17, 15) is 4.79 Å². The highest BCUT2D eigenvalue weighted by Gasteiger charge is 2.16. The first-order valence-electron chi connectivity index (χ1n) is 7.46. The number of carbonyl (C=O) groups is 1. The summed E-state index contributed by atoms with van der Waals surface area (Å²) in [5.41, 5.74) is 3.10. The van der Waals surface area contributed by atoms with Crippen LogP contribution in [0.3, 0.4) is 0 Å². The number of nitrogens with one attached hydrogen (secondary N) is 2. The Morgan fingerprint density at radius 3 is 3.10 bits per heavy atom. The number of carbonyl (C=O) groups excluding carboxylic acids is 1. The number of rotatable bonds is 7. The van der Waals surface area contributed by atoms with Crippen molar-refractivity contribution in [3.8, 4) is 0 Å². The molecule has 0 radical (unpaired) electrons. The second-order valence-corrected chi connectivity index (χ2v) is 5.17. The van der Waals surface area contributed by atoms with Crippen LogP contribution < -0.4 is 10.6 Å². The highest BCUT2D eigenvalue weighted by atomic mass is 16.5. The van der Waals surface area contributed by atoms with E-state index in [1.54, 1.807) is 7.11 Å². The summed E-state index contributed by atoms with van der Waals surface area (Å²) in [6.45, 7) is 2.53. The third kappa shape index (κ3) is 3.97. The molecule has 0 saturated carbocycles. The number of fused-ring (bicyclic) bond motifs is 1. The first kappa shape index (κ1) is 14.9. The fourth-order valence-electron chi connectivity index (χ4n) is 2.57. The van der Waals surface area contributed by atoms with Gasteiger partial charge in [0.25, 0.3) is 5.91 Å². The Hall–Kier alpha value is -1.55. The average molecular weight is 276 g/mol. The van der Waals surface area contributed by atoms with Crippen LogP contribution in [-0.4, -0.2) is 32.7 Å². The molecule has 0 spiro atoms. The molecule has 1 amide bonds. The molecule has 0 aromatic heterocycles. The van der Waals surface area contributed by atoms with Gasteiger partial charge in [-0.15, -0.1) is 0 Å². The summed E-state index contributed by atoms with van der Waals surface area (Å²) < 4.78 is 5.01. The molecule has 1 heterocycles. The highest BCUT2D eigenvalue weighted by Crippen LogP contribution is 2.25. The molecular formula is C16H24N2O2. The van der Waals surface area contributed by atoms with Crippen LogP contribution in [-0.2, 0) is 11.2 Å². The Bertz CT molecular complexity index is 446. The Morgan fingerprint density at radius 2 is 2.25 bits per heavy atom. The molecule has 2 rings (SSSR count). The van der Waals surface area contributed by atoms with Gasteiger partial charge in [-0.1, -0.05) is 6.07 Å². The van der Waals surface area contributed by atoms with Crippen LogP contribution in [0.2, 0.25) is 0 Å². The van der Waals surface area contributed by atoms with E-state index in [0.29, 0.717) is 0 Å². The van der Waals surface area contributed by atoms with Gasteiger partial charge in [-0.2, -0.15) is 0 Å². The molecule has 0 atom stereocenters. The molecule has 20 heavy (non-hydrogen) atoms. The van der Waals surface area contributed by atoms with Crippen molar-refractivity contribution in [1.82, 2.24) is 5.32 Å². The van der Waals surface area contributed by atoms with Crippen LogP contribution in [0.25, 0.3) is 0 Å². The van der Waals surface area contributed by atoms with Gasteiger partial charge in [0.2, 0.25) is 0 Å². The van der Waals surface area contributed by atoms with Gasteiger partial charge in [0.15, 0.2) is 0 Å². The normalized spacial score (nSPS) is 13.4. The molecule has 1 aliphatic heterocycles. The minimum atomic E-state index is 0.0530. The summed E-state index contributed by atoms with van der Waals surface area (Å²) in [5.74, 6) is 0.0530. The molecule has 0 unspecified atom stereocenters. The Balaban J connectivity index is 1.83. The number of benzene rings is 1. The lowest BCUT2D eigenvalue weighted by atomic mass is 9.97. The number of methoxy groups -OCH3 is 1. The summed E-state index contributed by atoms with van der Waals surface area (Å²) >= 11 is 0. The molecule has 0 aliphatic carbocycles. The van der Waals surface area contributed by atoms with Gasteiger partial charge in [-0.25, -0.2) is 0 Å². The fraction of sp³-hybridized carbons (Fsp3) is 0.562. The lowest BCUT2D eigenvalue weighted by Gasteiger charge is -2.20. The van der Waals surface area contributed by atoms with Gasteiger partial charge >= 0.3 is 0 Å². The summed E-state index contributed by atoms with van der Waals surface area (Å²) in [6.07, 6.45) is 5.22. The van der Waals surface area contributed by atoms with Crippen molar-refractivity contribution in [2.45, 2.75) is 32.1 Å². The first-order chi connectivity index (χ1) is 9.83. The molecule has 1 aromatic carbocycles. The molecule has 4 heteroatoms. The maximum atomic E-state index is 12.2. The van der Waals surface area contributed by atoms with Crippen molar-refractivity contribution in [1.29, 1.82) is 0 Å². The van der Waals surface area contributed by atoms with Crippen molar-refractivity contribution in [3.05, 3.63) is 29.3 Å². The van der Waals surface area contributed by atoms with Crippen molar-refractivity contribution in [3.63, 3.8) is 0 Å². The third-order valence-corrected chi connectivity index (χ3v) is 3.65. The molecule has 2 N–H and O–H groups in total. The monoisotopic (exact) mass is 276 g/mol. The van der Waals surface area contributed by atoms with Crippen molar-refractivity contribution in [2.75, 3.05) is 32.1 Å². The van der Waals surface area contributed by atoms with Crippen molar-refractivity contribution < 1.29 is 9.53 Å². The second kappa shape index (κ2) is 7.90. The fourth-order valence-corrected chi connectivity index (χ4v) is 2.57.